The number of hydrogen-bond donors (Lipinski definition) is 1. The van der Waals surface area contributed by atoms with Crippen LogP contribution in [0.25, 0.3) is 0 Å². The van der Waals surface area contributed by atoms with Crippen LogP contribution in [0.3, 0.4) is 0 Å². The summed E-state index contributed by atoms with van der Waals surface area (Å²) in [5, 5.41) is 3.37. The standard InChI is InChI=1S/C16H32N4O/c1-18(13-14-19-11-7-17-8-12-19)15-16(21)20-9-5-3-2-4-6-10-20/h17H,2-15H2,1H3. The van der Waals surface area contributed by atoms with Crippen molar-refractivity contribution in [3.8, 4) is 0 Å². The SMILES string of the molecule is CN(CCN1CCNCC1)CC(=O)N1CCCCCCC1. The van der Waals surface area contributed by atoms with Gasteiger partial charge in [-0.3, -0.25) is 14.6 Å². The largest absolute Gasteiger partial charge is 0.342 e. The van der Waals surface area contributed by atoms with Crippen LogP contribution in [0.15, 0.2) is 0 Å². The van der Waals surface area contributed by atoms with E-state index < -0.39 is 0 Å². The fourth-order valence-corrected chi connectivity index (χ4v) is 3.15. The first-order valence-corrected chi connectivity index (χ1v) is 8.65. The summed E-state index contributed by atoms with van der Waals surface area (Å²) in [7, 11) is 2.07. The highest BCUT2D eigenvalue weighted by Crippen LogP contribution is 2.10. The molecule has 2 aliphatic heterocycles. The third-order valence-electron chi connectivity index (χ3n) is 4.62. The third kappa shape index (κ3) is 6.32. The first kappa shape index (κ1) is 16.7. The Morgan fingerprint density at radius 1 is 1.00 bits per heavy atom. The number of amides is 1. The number of rotatable bonds is 5. The minimum atomic E-state index is 0.319. The van der Waals surface area contributed by atoms with E-state index >= 15 is 0 Å². The lowest BCUT2D eigenvalue weighted by Crippen LogP contribution is -2.47. The predicted molar refractivity (Wildman–Crippen MR) is 86.5 cm³/mol. The van der Waals surface area contributed by atoms with E-state index in [1.807, 2.05) is 0 Å². The molecular weight excluding hydrogens is 264 g/mol. The molecule has 2 aliphatic rings. The molecule has 0 atom stereocenters. The molecule has 122 valence electrons. The molecule has 1 amide bonds. The topological polar surface area (TPSA) is 38.8 Å². The summed E-state index contributed by atoms with van der Waals surface area (Å²) in [5.41, 5.74) is 0. The molecule has 0 aliphatic carbocycles. The van der Waals surface area contributed by atoms with Crippen LogP contribution in [0.5, 0.6) is 0 Å². The molecule has 0 aromatic rings. The van der Waals surface area contributed by atoms with Gasteiger partial charge in [0.1, 0.15) is 0 Å². The molecule has 0 aromatic heterocycles. The minimum Gasteiger partial charge on any atom is -0.342 e. The molecule has 21 heavy (non-hydrogen) atoms. The highest BCUT2D eigenvalue weighted by Gasteiger charge is 2.17. The van der Waals surface area contributed by atoms with Gasteiger partial charge in [0.2, 0.25) is 5.91 Å². The molecule has 5 nitrogen and oxygen atoms in total. The molecule has 0 unspecified atom stereocenters. The lowest BCUT2D eigenvalue weighted by Gasteiger charge is -2.30. The van der Waals surface area contributed by atoms with Gasteiger partial charge in [-0.15, -0.1) is 0 Å². The second-order valence-electron chi connectivity index (χ2n) is 6.48. The van der Waals surface area contributed by atoms with Crippen LogP contribution < -0.4 is 5.32 Å². The maximum atomic E-state index is 12.4. The van der Waals surface area contributed by atoms with Crippen LogP contribution in [-0.4, -0.2) is 86.6 Å². The second-order valence-corrected chi connectivity index (χ2v) is 6.48. The molecule has 0 bridgehead atoms. The van der Waals surface area contributed by atoms with Crippen LogP contribution in [0, 0.1) is 0 Å². The number of nitrogens with one attached hydrogen (secondary N) is 1. The molecule has 0 radical (unpaired) electrons. The van der Waals surface area contributed by atoms with Crippen LogP contribution in [0.1, 0.15) is 32.1 Å². The molecule has 5 heteroatoms. The lowest BCUT2D eigenvalue weighted by atomic mass is 10.1. The Kier molecular flexibility index (Phi) is 7.47. The van der Waals surface area contributed by atoms with Gasteiger partial charge in [0.15, 0.2) is 0 Å². The average Bonchev–Trinajstić information content (AvgIpc) is 2.45. The van der Waals surface area contributed by atoms with Crippen molar-refractivity contribution >= 4 is 5.91 Å². The quantitative estimate of drug-likeness (QED) is 0.807. The maximum absolute atomic E-state index is 12.4. The first-order valence-electron chi connectivity index (χ1n) is 8.65. The first-order chi connectivity index (χ1) is 10.3. The van der Waals surface area contributed by atoms with Gasteiger partial charge >= 0.3 is 0 Å². The van der Waals surface area contributed by atoms with Gasteiger partial charge in [0.25, 0.3) is 0 Å². The number of piperazine rings is 1. The van der Waals surface area contributed by atoms with Gasteiger partial charge in [0, 0.05) is 52.4 Å². The van der Waals surface area contributed by atoms with E-state index in [2.05, 4.69) is 27.1 Å². The predicted octanol–water partition coefficient (Wildman–Crippen LogP) is 0.616. The average molecular weight is 296 g/mol. The zero-order valence-corrected chi connectivity index (χ0v) is 13.6. The van der Waals surface area contributed by atoms with Crippen molar-refractivity contribution in [2.75, 3.05) is 66.0 Å². The third-order valence-corrected chi connectivity index (χ3v) is 4.62. The Balaban J connectivity index is 1.65. The zero-order chi connectivity index (χ0) is 14.9. The molecule has 2 fully saturated rings. The number of nitrogens with zero attached hydrogens (tertiary/aromatic N) is 3. The summed E-state index contributed by atoms with van der Waals surface area (Å²) in [5.74, 6) is 0.319. The highest BCUT2D eigenvalue weighted by molar-refractivity contribution is 5.78. The maximum Gasteiger partial charge on any atom is 0.236 e. The minimum absolute atomic E-state index is 0.319. The van der Waals surface area contributed by atoms with Gasteiger partial charge < -0.3 is 10.2 Å². The van der Waals surface area contributed by atoms with Gasteiger partial charge in [-0.2, -0.15) is 0 Å². The van der Waals surface area contributed by atoms with Crippen LogP contribution in [0.2, 0.25) is 0 Å². The number of hydrogen-bond acceptors (Lipinski definition) is 4. The van der Waals surface area contributed by atoms with Crippen molar-refractivity contribution < 1.29 is 4.79 Å². The van der Waals surface area contributed by atoms with E-state index in [-0.39, 0.29) is 0 Å². The summed E-state index contributed by atoms with van der Waals surface area (Å²) in [6.07, 6.45) is 6.25. The Bertz CT molecular complexity index is 297. The van der Waals surface area contributed by atoms with Crippen LogP contribution in [-0.2, 0) is 4.79 Å². The van der Waals surface area contributed by atoms with Gasteiger partial charge in [-0.1, -0.05) is 19.3 Å². The molecular formula is C16H32N4O. The summed E-state index contributed by atoms with van der Waals surface area (Å²) in [6.45, 7) is 9.01. The number of carbonyl (C=O) groups excluding carboxylic acids is 1. The Morgan fingerprint density at radius 3 is 2.29 bits per heavy atom. The van der Waals surface area contributed by atoms with Crippen molar-refractivity contribution in [3.63, 3.8) is 0 Å². The van der Waals surface area contributed by atoms with Crippen molar-refractivity contribution in [1.82, 2.24) is 20.0 Å². The molecule has 2 saturated heterocycles. The number of carbonyl (C=O) groups is 1. The Labute approximate surface area is 129 Å². The second kappa shape index (κ2) is 9.38. The summed E-state index contributed by atoms with van der Waals surface area (Å²) in [6, 6.07) is 0. The smallest absolute Gasteiger partial charge is 0.236 e. The van der Waals surface area contributed by atoms with Gasteiger partial charge in [0.05, 0.1) is 6.54 Å². The Morgan fingerprint density at radius 2 is 1.62 bits per heavy atom. The van der Waals surface area contributed by atoms with E-state index in [1.54, 1.807) is 0 Å². The van der Waals surface area contributed by atoms with Crippen molar-refractivity contribution in [2.45, 2.75) is 32.1 Å². The van der Waals surface area contributed by atoms with E-state index in [0.29, 0.717) is 12.5 Å². The molecule has 2 heterocycles. The van der Waals surface area contributed by atoms with Crippen LogP contribution in [0.4, 0.5) is 0 Å². The fourth-order valence-electron chi connectivity index (χ4n) is 3.15. The van der Waals surface area contributed by atoms with E-state index in [0.717, 1.165) is 52.4 Å². The van der Waals surface area contributed by atoms with Gasteiger partial charge in [-0.25, -0.2) is 0 Å². The molecule has 0 spiro atoms. The molecule has 1 N–H and O–H groups in total. The number of likely N-dealkylation sites (N-methyl/N-ethyl adjacent to an activating group) is 1. The van der Waals surface area contributed by atoms with Crippen molar-refractivity contribution in [1.29, 1.82) is 0 Å². The van der Waals surface area contributed by atoms with E-state index in [1.165, 1.54) is 32.1 Å². The number of likely N-dealkylation sites (tertiary alicyclic amines) is 1. The zero-order valence-electron chi connectivity index (χ0n) is 13.6. The van der Waals surface area contributed by atoms with Gasteiger partial charge in [-0.05, 0) is 19.9 Å². The lowest BCUT2D eigenvalue weighted by molar-refractivity contribution is -0.132. The normalized spacial score (nSPS) is 22.1. The monoisotopic (exact) mass is 296 g/mol. The van der Waals surface area contributed by atoms with Crippen molar-refractivity contribution in [3.05, 3.63) is 0 Å². The van der Waals surface area contributed by atoms with E-state index in [9.17, 15) is 4.79 Å². The highest BCUT2D eigenvalue weighted by atomic mass is 16.2. The molecule has 2 rings (SSSR count). The summed E-state index contributed by atoms with van der Waals surface area (Å²) < 4.78 is 0. The Hall–Kier alpha value is -0.650. The van der Waals surface area contributed by atoms with Crippen molar-refractivity contribution in [2.24, 2.45) is 0 Å². The molecule has 0 aromatic carbocycles. The summed E-state index contributed by atoms with van der Waals surface area (Å²) >= 11 is 0. The molecule has 0 saturated carbocycles. The van der Waals surface area contributed by atoms with E-state index in [4.69, 9.17) is 0 Å². The van der Waals surface area contributed by atoms with Crippen LogP contribution >= 0.6 is 0 Å². The fraction of sp³-hybridized carbons (Fsp3) is 0.938. The summed E-state index contributed by atoms with van der Waals surface area (Å²) in [4.78, 5) is 19.1.